The summed E-state index contributed by atoms with van der Waals surface area (Å²) in [7, 11) is 0. The number of ether oxygens (including phenoxy) is 1. The zero-order valence-electron chi connectivity index (χ0n) is 11.4. The fourth-order valence-corrected chi connectivity index (χ4v) is 3.25. The van der Waals surface area contributed by atoms with Crippen molar-refractivity contribution >= 4 is 27.0 Å². The average Bonchev–Trinajstić information content (AvgIpc) is 2.87. The van der Waals surface area contributed by atoms with Gasteiger partial charge in [0.05, 0.1) is 23.7 Å². The second-order valence-electron chi connectivity index (χ2n) is 5.23. The lowest BCUT2D eigenvalue weighted by molar-refractivity contribution is 0.0669. The van der Waals surface area contributed by atoms with Crippen molar-refractivity contribution in [1.29, 1.82) is 0 Å². The van der Waals surface area contributed by atoms with Crippen molar-refractivity contribution in [1.82, 2.24) is 9.55 Å². The third-order valence-corrected chi connectivity index (χ3v) is 4.35. The Balaban J connectivity index is 1.96. The van der Waals surface area contributed by atoms with Crippen molar-refractivity contribution in [3.05, 3.63) is 63.9 Å². The Kier molecular flexibility index (Phi) is 3.23. The van der Waals surface area contributed by atoms with E-state index in [0.717, 1.165) is 27.6 Å². The molecule has 0 fully saturated rings. The fourth-order valence-electron chi connectivity index (χ4n) is 2.90. The first-order valence-corrected chi connectivity index (χ1v) is 7.62. The summed E-state index contributed by atoms with van der Waals surface area (Å²) in [6.45, 7) is 0.644. The fraction of sp³-hybridized carbons (Fsp3) is 0.188. The van der Waals surface area contributed by atoms with Gasteiger partial charge in [-0.25, -0.2) is 13.8 Å². The summed E-state index contributed by atoms with van der Waals surface area (Å²) in [4.78, 5) is 4.52. The summed E-state index contributed by atoms with van der Waals surface area (Å²) < 4.78 is 36.1. The molecule has 1 unspecified atom stereocenters. The third kappa shape index (κ3) is 2.14. The molecule has 2 aromatic carbocycles. The minimum atomic E-state index is -0.464. The molecule has 1 aliphatic rings. The molecule has 0 N–H and O–H groups in total. The molecular formula is C16H11BrF2N2O. The maximum Gasteiger partial charge on any atom is 0.136 e. The van der Waals surface area contributed by atoms with Gasteiger partial charge in [0.2, 0.25) is 0 Å². The third-order valence-electron chi connectivity index (χ3n) is 3.86. The molecule has 6 heteroatoms. The van der Waals surface area contributed by atoms with Gasteiger partial charge < -0.3 is 9.30 Å². The first-order valence-electron chi connectivity index (χ1n) is 6.82. The quantitative estimate of drug-likeness (QED) is 0.647. The minimum Gasteiger partial charge on any atom is -0.371 e. The number of fused-ring (bicyclic) bond motifs is 3. The summed E-state index contributed by atoms with van der Waals surface area (Å²) in [5.41, 5.74) is 1.96. The van der Waals surface area contributed by atoms with Gasteiger partial charge in [0.25, 0.3) is 0 Å². The smallest absolute Gasteiger partial charge is 0.136 e. The second-order valence-corrected chi connectivity index (χ2v) is 6.14. The van der Waals surface area contributed by atoms with Crippen molar-refractivity contribution in [2.24, 2.45) is 0 Å². The van der Waals surface area contributed by atoms with Gasteiger partial charge in [-0.3, -0.25) is 0 Å². The lowest BCUT2D eigenvalue weighted by atomic mass is 10.1. The van der Waals surface area contributed by atoms with Crippen molar-refractivity contribution < 1.29 is 13.5 Å². The highest BCUT2D eigenvalue weighted by atomic mass is 79.9. The maximum atomic E-state index is 14.2. The van der Waals surface area contributed by atoms with Gasteiger partial charge in [-0.05, 0) is 36.4 Å². The zero-order chi connectivity index (χ0) is 15.3. The van der Waals surface area contributed by atoms with Crippen molar-refractivity contribution in [3.8, 4) is 0 Å². The topological polar surface area (TPSA) is 27.1 Å². The highest BCUT2D eigenvalue weighted by molar-refractivity contribution is 9.10. The van der Waals surface area contributed by atoms with Crippen LogP contribution in [0, 0.1) is 11.6 Å². The Morgan fingerprint density at radius 1 is 1.18 bits per heavy atom. The summed E-state index contributed by atoms with van der Waals surface area (Å²) >= 11 is 3.44. The van der Waals surface area contributed by atoms with Gasteiger partial charge in [0, 0.05) is 10.0 Å². The molecule has 0 saturated heterocycles. The van der Waals surface area contributed by atoms with E-state index in [9.17, 15) is 8.78 Å². The largest absolute Gasteiger partial charge is 0.371 e. The molecule has 4 rings (SSSR count). The Hall–Kier alpha value is -1.79. The number of nitrogens with zero attached hydrogens (tertiary/aromatic N) is 2. The van der Waals surface area contributed by atoms with Crippen LogP contribution in [-0.2, 0) is 11.3 Å². The van der Waals surface area contributed by atoms with Crippen LogP contribution >= 0.6 is 15.9 Å². The molecule has 1 aromatic heterocycles. The lowest BCUT2D eigenvalue weighted by Crippen LogP contribution is -2.25. The van der Waals surface area contributed by atoms with Crippen LogP contribution in [-0.4, -0.2) is 16.2 Å². The van der Waals surface area contributed by atoms with E-state index in [4.69, 9.17) is 4.74 Å². The highest BCUT2D eigenvalue weighted by Crippen LogP contribution is 2.33. The molecule has 0 saturated carbocycles. The second kappa shape index (κ2) is 5.14. The number of aromatic nitrogens is 2. The molecule has 2 heterocycles. The van der Waals surface area contributed by atoms with E-state index >= 15 is 0 Å². The van der Waals surface area contributed by atoms with Crippen LogP contribution in [0.3, 0.4) is 0 Å². The first-order chi connectivity index (χ1) is 10.6. The average molecular weight is 365 g/mol. The predicted molar refractivity (Wildman–Crippen MR) is 81.6 cm³/mol. The Morgan fingerprint density at radius 2 is 2.05 bits per heavy atom. The van der Waals surface area contributed by atoms with Gasteiger partial charge >= 0.3 is 0 Å². The normalized spacial score (nSPS) is 17.7. The van der Waals surface area contributed by atoms with Crippen LogP contribution in [0.15, 0.2) is 40.9 Å². The van der Waals surface area contributed by atoms with Crippen molar-refractivity contribution in [3.63, 3.8) is 0 Å². The number of hydrogen-bond acceptors (Lipinski definition) is 2. The minimum absolute atomic E-state index is 0.278. The zero-order valence-corrected chi connectivity index (χ0v) is 13.0. The van der Waals surface area contributed by atoms with E-state index in [1.165, 1.54) is 6.07 Å². The lowest BCUT2D eigenvalue weighted by Gasteiger charge is -2.27. The van der Waals surface area contributed by atoms with Crippen LogP contribution in [0.5, 0.6) is 0 Å². The molecule has 112 valence electrons. The molecule has 22 heavy (non-hydrogen) atoms. The van der Waals surface area contributed by atoms with Gasteiger partial charge in [0.15, 0.2) is 0 Å². The molecule has 0 spiro atoms. The first kappa shape index (κ1) is 13.8. The Labute approximate surface area is 133 Å². The Morgan fingerprint density at radius 3 is 2.91 bits per heavy atom. The van der Waals surface area contributed by atoms with E-state index in [1.807, 2.05) is 22.8 Å². The number of hydrogen-bond donors (Lipinski definition) is 0. The van der Waals surface area contributed by atoms with E-state index in [1.54, 1.807) is 0 Å². The summed E-state index contributed by atoms with van der Waals surface area (Å²) in [6.07, 6.45) is 0. The van der Waals surface area contributed by atoms with Crippen LogP contribution in [0.1, 0.15) is 17.4 Å². The van der Waals surface area contributed by atoms with E-state index in [2.05, 4.69) is 20.9 Å². The molecule has 0 amide bonds. The van der Waals surface area contributed by atoms with Gasteiger partial charge in [0.1, 0.15) is 24.1 Å². The van der Waals surface area contributed by atoms with E-state index in [-0.39, 0.29) is 12.2 Å². The van der Waals surface area contributed by atoms with Crippen LogP contribution < -0.4 is 0 Å². The molecule has 1 aliphatic heterocycles. The molecule has 0 radical (unpaired) electrons. The molecule has 3 aromatic rings. The van der Waals surface area contributed by atoms with E-state index < -0.39 is 17.7 Å². The highest BCUT2D eigenvalue weighted by Gasteiger charge is 2.27. The molecule has 0 bridgehead atoms. The summed E-state index contributed by atoms with van der Waals surface area (Å²) in [5.74, 6) is -0.193. The molecule has 0 aliphatic carbocycles. The monoisotopic (exact) mass is 364 g/mol. The van der Waals surface area contributed by atoms with Crippen molar-refractivity contribution in [2.45, 2.75) is 12.6 Å². The van der Waals surface area contributed by atoms with Crippen LogP contribution in [0.25, 0.3) is 11.0 Å². The predicted octanol–water partition coefficient (Wildman–Crippen LogP) is 4.20. The summed E-state index contributed by atoms with van der Waals surface area (Å²) in [6, 6.07) is 8.78. The summed E-state index contributed by atoms with van der Waals surface area (Å²) in [5, 5.41) is 0. The van der Waals surface area contributed by atoms with Gasteiger partial charge in [-0.1, -0.05) is 15.9 Å². The standard InChI is InChI=1S/C16H11BrF2N2O/c17-9-1-4-13-14(5-9)21-15(7-22-8-16(21)20-13)11-6-10(18)2-3-12(11)19/h1-6,15H,7-8H2. The molecule has 1 atom stereocenters. The van der Waals surface area contributed by atoms with Crippen molar-refractivity contribution in [2.75, 3.05) is 6.61 Å². The van der Waals surface area contributed by atoms with Crippen LogP contribution in [0.4, 0.5) is 8.78 Å². The number of halogens is 3. The maximum absolute atomic E-state index is 14.2. The molecule has 3 nitrogen and oxygen atoms in total. The Bertz CT molecular complexity index is 878. The SMILES string of the molecule is Fc1ccc(F)c(C2COCc3nc4ccc(Br)cc4n32)c1. The number of benzene rings is 2. The number of imidazole rings is 1. The van der Waals surface area contributed by atoms with Crippen LogP contribution in [0.2, 0.25) is 0 Å². The van der Waals surface area contributed by atoms with Gasteiger partial charge in [-0.15, -0.1) is 0 Å². The van der Waals surface area contributed by atoms with Gasteiger partial charge in [-0.2, -0.15) is 0 Å². The molecular weight excluding hydrogens is 354 g/mol. The van der Waals surface area contributed by atoms with E-state index in [0.29, 0.717) is 12.4 Å². The number of rotatable bonds is 1.